The summed E-state index contributed by atoms with van der Waals surface area (Å²) in [6.45, 7) is 16.9. The van der Waals surface area contributed by atoms with E-state index in [1.165, 1.54) is 0 Å². The molecule has 5 amide bonds. The number of fused-ring (bicyclic) bond motifs is 8. The molecule has 0 radical (unpaired) electrons. The Balaban J connectivity index is 0.838. The lowest BCUT2D eigenvalue weighted by Crippen LogP contribution is -2.66. The van der Waals surface area contributed by atoms with Gasteiger partial charge in [-0.15, -0.1) is 0 Å². The Labute approximate surface area is 386 Å². The molecule has 13 heteroatoms. The van der Waals surface area contributed by atoms with Gasteiger partial charge in [-0.3, -0.25) is 24.0 Å². The molecule has 10 atom stereocenters. The van der Waals surface area contributed by atoms with Crippen molar-refractivity contribution in [3.05, 3.63) is 23.3 Å². The summed E-state index contributed by atoms with van der Waals surface area (Å²) in [6.07, 6.45) is 17.3. The van der Waals surface area contributed by atoms with Gasteiger partial charge in [-0.2, -0.15) is 17.0 Å². The van der Waals surface area contributed by atoms with Crippen molar-refractivity contribution < 1.29 is 28.8 Å². The highest BCUT2D eigenvalue weighted by atomic mass is 32.2. The molecular weight excluding hydrogens is 825 g/mol. The number of hydrogen-bond acceptors (Lipinski definition) is 8. The second kappa shape index (κ2) is 18.6. The normalized spacial score (nSPS) is 36.6. The Bertz CT molecular complexity index is 1990. The lowest BCUT2D eigenvalue weighted by atomic mass is 9.34. The van der Waals surface area contributed by atoms with Crippen molar-refractivity contribution in [2.24, 2.45) is 50.2 Å². The van der Waals surface area contributed by atoms with Crippen LogP contribution in [0.3, 0.4) is 0 Å². The molecule has 3 saturated carbocycles. The molecule has 7 aliphatic rings. The summed E-state index contributed by atoms with van der Waals surface area (Å²) >= 11 is 1.91. The average molecular weight is 901 g/mol. The van der Waals surface area contributed by atoms with Gasteiger partial charge in [-0.05, 0) is 111 Å². The molecule has 0 aromatic carbocycles. The summed E-state index contributed by atoms with van der Waals surface area (Å²) in [5.41, 5.74) is -1.44. The van der Waals surface area contributed by atoms with Gasteiger partial charge in [0.05, 0.1) is 23.1 Å². The number of thioether (sulfide) groups is 1. The van der Waals surface area contributed by atoms with Crippen molar-refractivity contribution in [3.63, 3.8) is 0 Å². The number of nitriles is 1. The second-order valence-corrected chi connectivity index (χ2v) is 24.0. The first kappa shape index (κ1) is 48.3. The van der Waals surface area contributed by atoms with E-state index in [4.69, 9.17) is 0 Å². The smallest absolute Gasteiger partial charge is 0.315 e. The van der Waals surface area contributed by atoms with E-state index >= 15 is 0 Å². The van der Waals surface area contributed by atoms with Crippen LogP contribution in [0.2, 0.25) is 0 Å². The van der Waals surface area contributed by atoms with Crippen molar-refractivity contribution in [2.75, 3.05) is 25.4 Å². The highest BCUT2D eigenvalue weighted by Crippen LogP contribution is 2.74. The van der Waals surface area contributed by atoms with Gasteiger partial charge in [0.15, 0.2) is 11.6 Å². The van der Waals surface area contributed by atoms with Gasteiger partial charge in [0.1, 0.15) is 6.07 Å². The molecule has 2 aliphatic heterocycles. The third-order valence-corrected chi connectivity index (χ3v) is 19.5. The van der Waals surface area contributed by atoms with Crippen LogP contribution >= 0.6 is 11.8 Å². The van der Waals surface area contributed by atoms with E-state index in [0.29, 0.717) is 50.6 Å². The SMILES string of the molecule is CC1(C)CC[C@]2(C(=O)NCCCC(=O)NCCCCCCNC(=O)CCCCC3SC[C@@H]4NC(=O)N[C@H]34)CC[C@]3(C)C(C(=O)C=C4[C@@]5(C)C=C(C#N)C(=O)C(C)(C)[C@@H]5CC[C@]43C)C2C1. The lowest BCUT2D eigenvalue weighted by molar-refractivity contribution is -0.178. The number of nitrogens with zero attached hydrogens (tertiary/aromatic N) is 1. The fourth-order valence-corrected chi connectivity index (χ4v) is 15.7. The van der Waals surface area contributed by atoms with Gasteiger partial charge < -0.3 is 26.6 Å². The van der Waals surface area contributed by atoms with Gasteiger partial charge in [0.25, 0.3) is 0 Å². The molecule has 3 unspecified atom stereocenters. The molecule has 12 nitrogen and oxygen atoms in total. The lowest BCUT2D eigenvalue weighted by Gasteiger charge is -2.69. The Morgan fingerprint density at radius 3 is 2.14 bits per heavy atom. The maximum absolute atomic E-state index is 14.9. The summed E-state index contributed by atoms with van der Waals surface area (Å²) < 4.78 is 0. The van der Waals surface area contributed by atoms with Crippen LogP contribution < -0.4 is 26.6 Å². The van der Waals surface area contributed by atoms with Gasteiger partial charge in [-0.1, -0.05) is 79.4 Å². The fourth-order valence-electron chi connectivity index (χ4n) is 14.2. The minimum absolute atomic E-state index is 0.0103. The fraction of sp³-hybridized carbons (Fsp3) is 0.784. The molecule has 2 saturated heterocycles. The van der Waals surface area contributed by atoms with Crippen molar-refractivity contribution in [1.29, 1.82) is 5.26 Å². The largest absolute Gasteiger partial charge is 0.356 e. The molecule has 352 valence electrons. The molecule has 5 aliphatic carbocycles. The minimum Gasteiger partial charge on any atom is -0.356 e. The highest BCUT2D eigenvalue weighted by molar-refractivity contribution is 8.00. The number of hydrogen-bond donors (Lipinski definition) is 5. The highest BCUT2D eigenvalue weighted by Gasteiger charge is 2.71. The molecule has 0 aromatic heterocycles. The quantitative estimate of drug-likeness (QED) is 0.0729. The number of Topliss-reactive ketones (excluding diaryl/α,β-unsaturated/α-hetero) is 1. The molecular formula is C51H76N6O6S. The molecule has 7 rings (SSSR count). The standard InChI is InChI=1S/C51H76N6O6S/c1-46(2)20-22-51(23-21-50(7)41(33(51)29-46)35(58)27-38-48(5)28-32(30-52)43(61)47(3,4)37(48)18-19-49(38,50)6)44(62)55-26-14-17-40(60)54-25-13-9-8-12-24-53-39(59)16-11-10-15-36-42-34(31-64-36)56-45(63)57-42/h27-28,33-34,36-37,41-42H,8-26,29,31H2,1-7H3,(H,53,59)(H,54,60)(H,55,62)(H2,56,57,63)/t33?,34-,36?,37-,41?,42-,48-,49+,50+,51-/m0/s1. The molecule has 5 N–H and O–H groups in total. The first-order valence-corrected chi connectivity index (χ1v) is 25.7. The predicted octanol–water partition coefficient (Wildman–Crippen LogP) is 7.62. The number of carbonyl (C=O) groups is 6. The average Bonchev–Trinajstić information content (AvgIpc) is 3.80. The molecule has 0 aromatic rings. The number of allylic oxidation sites excluding steroid dienone is 4. The first-order chi connectivity index (χ1) is 30.2. The van der Waals surface area contributed by atoms with Gasteiger partial charge >= 0.3 is 6.03 Å². The number of rotatable bonds is 17. The number of ketones is 2. The summed E-state index contributed by atoms with van der Waals surface area (Å²) in [4.78, 5) is 79.5. The van der Waals surface area contributed by atoms with Crippen LogP contribution in [0.25, 0.3) is 0 Å². The van der Waals surface area contributed by atoms with E-state index in [1.807, 2.05) is 37.8 Å². The third-order valence-electron chi connectivity index (χ3n) is 18.0. The van der Waals surface area contributed by atoms with Crippen LogP contribution in [-0.4, -0.2) is 78.0 Å². The Hall–Kier alpha value is -3.66. The number of urea groups is 1. The minimum atomic E-state index is -0.716. The zero-order valence-corrected chi connectivity index (χ0v) is 40.6. The van der Waals surface area contributed by atoms with Crippen LogP contribution in [0.5, 0.6) is 0 Å². The number of amides is 5. The van der Waals surface area contributed by atoms with E-state index in [0.717, 1.165) is 94.8 Å². The summed E-state index contributed by atoms with van der Waals surface area (Å²) in [5, 5.41) is 25.8. The monoisotopic (exact) mass is 901 g/mol. The van der Waals surface area contributed by atoms with Crippen molar-refractivity contribution in [3.8, 4) is 6.07 Å². The molecule has 0 spiro atoms. The van der Waals surface area contributed by atoms with Gasteiger partial charge in [0, 0.05) is 60.2 Å². The van der Waals surface area contributed by atoms with Crippen molar-refractivity contribution in [2.45, 2.75) is 175 Å². The third kappa shape index (κ3) is 8.84. The predicted molar refractivity (Wildman–Crippen MR) is 250 cm³/mol. The van der Waals surface area contributed by atoms with E-state index < -0.39 is 16.2 Å². The Kier molecular flexibility index (Phi) is 14.0. The number of carbonyl (C=O) groups excluding carboxylic acids is 6. The van der Waals surface area contributed by atoms with Crippen LogP contribution in [0.4, 0.5) is 4.79 Å². The summed E-state index contributed by atoms with van der Waals surface area (Å²) in [7, 11) is 0. The maximum atomic E-state index is 14.9. The molecule has 5 fully saturated rings. The molecule has 0 bridgehead atoms. The van der Waals surface area contributed by atoms with Crippen LogP contribution in [0.1, 0.15) is 158 Å². The zero-order chi connectivity index (χ0) is 46.3. The second-order valence-electron chi connectivity index (χ2n) is 22.8. The van der Waals surface area contributed by atoms with E-state index in [1.54, 1.807) is 0 Å². The van der Waals surface area contributed by atoms with Crippen molar-refractivity contribution in [1.82, 2.24) is 26.6 Å². The topological polar surface area (TPSA) is 186 Å². The first-order valence-electron chi connectivity index (χ1n) is 24.7. The summed E-state index contributed by atoms with van der Waals surface area (Å²) in [6, 6.07) is 2.58. The van der Waals surface area contributed by atoms with Crippen molar-refractivity contribution >= 4 is 47.1 Å². The zero-order valence-electron chi connectivity index (χ0n) is 39.8. The Morgan fingerprint density at radius 1 is 0.797 bits per heavy atom. The number of unbranched alkanes of at least 4 members (excludes halogenated alkanes) is 4. The number of nitrogens with one attached hydrogen (secondary N) is 5. The molecule has 64 heavy (non-hydrogen) atoms. The summed E-state index contributed by atoms with van der Waals surface area (Å²) in [5.74, 6) is 0.607. The maximum Gasteiger partial charge on any atom is 0.315 e. The van der Waals surface area contributed by atoms with Crippen LogP contribution in [0, 0.1) is 61.6 Å². The van der Waals surface area contributed by atoms with Crippen LogP contribution in [-0.2, 0) is 24.0 Å². The van der Waals surface area contributed by atoms with E-state index in [-0.39, 0.29) is 87.0 Å². The van der Waals surface area contributed by atoms with E-state index in [9.17, 15) is 34.0 Å². The molecule has 2 heterocycles. The van der Waals surface area contributed by atoms with E-state index in [2.05, 4.69) is 67.3 Å². The van der Waals surface area contributed by atoms with Gasteiger partial charge in [-0.25, -0.2) is 4.79 Å². The Morgan fingerprint density at radius 2 is 1.45 bits per heavy atom. The van der Waals surface area contributed by atoms with Gasteiger partial charge in [0.2, 0.25) is 17.7 Å². The van der Waals surface area contributed by atoms with Crippen LogP contribution in [0.15, 0.2) is 23.3 Å².